The second kappa shape index (κ2) is 5.87. The number of hydrogen-bond donors (Lipinski definition) is 2. The molecular formula is C11H12Cl2N2O4S. The third-order valence-corrected chi connectivity index (χ3v) is 5.62. The van der Waals surface area contributed by atoms with Gasteiger partial charge in [0.2, 0.25) is 10.0 Å². The van der Waals surface area contributed by atoms with Crippen molar-refractivity contribution < 1.29 is 18.3 Å². The van der Waals surface area contributed by atoms with Crippen molar-refractivity contribution in [1.82, 2.24) is 9.62 Å². The summed E-state index contributed by atoms with van der Waals surface area (Å²) in [5.74, 6) is -1.19. The van der Waals surface area contributed by atoms with Gasteiger partial charge in [0.1, 0.15) is 6.04 Å². The van der Waals surface area contributed by atoms with E-state index >= 15 is 0 Å². The molecule has 1 unspecified atom stereocenters. The van der Waals surface area contributed by atoms with Crippen LogP contribution in [-0.4, -0.2) is 49.5 Å². The van der Waals surface area contributed by atoms with Crippen LogP contribution in [0.25, 0.3) is 0 Å². The quantitative estimate of drug-likeness (QED) is 0.859. The first kappa shape index (κ1) is 15.5. The van der Waals surface area contributed by atoms with E-state index in [0.29, 0.717) is 6.54 Å². The summed E-state index contributed by atoms with van der Waals surface area (Å²) in [4.78, 5) is 11.1. The molecule has 0 amide bonds. The van der Waals surface area contributed by atoms with E-state index in [4.69, 9.17) is 28.3 Å². The summed E-state index contributed by atoms with van der Waals surface area (Å²) in [5, 5.41) is 12.3. The Hall–Kier alpha value is -0.860. The minimum absolute atomic E-state index is 0.0654. The summed E-state index contributed by atoms with van der Waals surface area (Å²) in [5.41, 5.74) is 0. The molecule has 1 saturated heterocycles. The zero-order chi connectivity index (χ0) is 14.9. The van der Waals surface area contributed by atoms with Crippen molar-refractivity contribution in [2.75, 3.05) is 19.6 Å². The van der Waals surface area contributed by atoms with Crippen molar-refractivity contribution in [2.45, 2.75) is 10.9 Å². The second-order valence-electron chi connectivity index (χ2n) is 4.25. The minimum Gasteiger partial charge on any atom is -0.480 e. The molecule has 1 aromatic carbocycles. The van der Waals surface area contributed by atoms with Crippen LogP contribution in [0.2, 0.25) is 10.0 Å². The van der Waals surface area contributed by atoms with E-state index in [-0.39, 0.29) is 28.0 Å². The number of hydrogen-bond acceptors (Lipinski definition) is 4. The number of halogens is 2. The van der Waals surface area contributed by atoms with Gasteiger partial charge in [-0.2, -0.15) is 4.31 Å². The third kappa shape index (κ3) is 2.91. The van der Waals surface area contributed by atoms with E-state index in [2.05, 4.69) is 5.32 Å². The average molecular weight is 339 g/mol. The number of aliphatic carboxylic acids is 1. The van der Waals surface area contributed by atoms with Crippen LogP contribution in [0.5, 0.6) is 0 Å². The summed E-state index contributed by atoms with van der Waals surface area (Å²) in [7, 11) is -3.93. The number of rotatable bonds is 3. The monoisotopic (exact) mass is 338 g/mol. The lowest BCUT2D eigenvalue weighted by molar-refractivity contribution is -0.141. The number of carboxylic acid groups (broad SMARTS) is 1. The Morgan fingerprint density at radius 3 is 2.65 bits per heavy atom. The van der Waals surface area contributed by atoms with E-state index in [1.54, 1.807) is 0 Å². The summed E-state index contributed by atoms with van der Waals surface area (Å²) in [6.07, 6.45) is 0. The number of sulfonamides is 1. The van der Waals surface area contributed by atoms with Gasteiger partial charge in [-0.15, -0.1) is 0 Å². The molecule has 0 aliphatic carbocycles. The molecule has 1 fully saturated rings. The largest absolute Gasteiger partial charge is 0.480 e. The van der Waals surface area contributed by atoms with Crippen molar-refractivity contribution >= 4 is 39.2 Å². The van der Waals surface area contributed by atoms with Gasteiger partial charge in [0.05, 0.1) is 14.9 Å². The molecule has 9 heteroatoms. The maximum Gasteiger partial charge on any atom is 0.323 e. The molecule has 0 bridgehead atoms. The van der Waals surface area contributed by atoms with Gasteiger partial charge in [-0.25, -0.2) is 8.42 Å². The molecule has 20 heavy (non-hydrogen) atoms. The average Bonchev–Trinajstić information content (AvgIpc) is 2.41. The molecule has 1 aliphatic heterocycles. The van der Waals surface area contributed by atoms with Gasteiger partial charge in [-0.1, -0.05) is 23.2 Å². The SMILES string of the molecule is O=C(O)C1CNCCN1S(=O)(=O)c1ccc(Cl)c(Cl)c1. The zero-order valence-corrected chi connectivity index (χ0v) is 12.5. The molecule has 2 N–H and O–H groups in total. The lowest BCUT2D eigenvalue weighted by atomic mass is 10.2. The summed E-state index contributed by atoms with van der Waals surface area (Å²) in [6, 6.07) is 2.77. The number of piperazine rings is 1. The molecule has 1 aliphatic rings. The highest BCUT2D eigenvalue weighted by Crippen LogP contribution is 2.27. The first-order valence-corrected chi connectivity index (χ1v) is 7.94. The Bertz CT molecular complexity index is 635. The van der Waals surface area contributed by atoms with Gasteiger partial charge in [0.25, 0.3) is 0 Å². The first-order valence-electron chi connectivity index (χ1n) is 5.74. The molecule has 0 saturated carbocycles. The fourth-order valence-electron chi connectivity index (χ4n) is 1.96. The summed E-state index contributed by atoms with van der Waals surface area (Å²) in [6.45, 7) is 0.541. The number of benzene rings is 1. The van der Waals surface area contributed by atoms with Crippen LogP contribution >= 0.6 is 23.2 Å². The Kier molecular flexibility index (Phi) is 4.55. The molecule has 110 valence electrons. The summed E-state index contributed by atoms with van der Waals surface area (Å²) >= 11 is 11.6. The van der Waals surface area contributed by atoms with Gasteiger partial charge in [0, 0.05) is 19.6 Å². The van der Waals surface area contributed by atoms with Crippen LogP contribution in [0.4, 0.5) is 0 Å². The lowest BCUT2D eigenvalue weighted by Crippen LogP contribution is -2.56. The molecule has 0 radical (unpaired) electrons. The maximum atomic E-state index is 12.5. The van der Waals surface area contributed by atoms with E-state index < -0.39 is 22.0 Å². The predicted molar refractivity (Wildman–Crippen MR) is 74.6 cm³/mol. The van der Waals surface area contributed by atoms with Crippen molar-refractivity contribution in [1.29, 1.82) is 0 Å². The fraction of sp³-hybridized carbons (Fsp3) is 0.364. The number of nitrogens with one attached hydrogen (secondary N) is 1. The topological polar surface area (TPSA) is 86.7 Å². The van der Waals surface area contributed by atoms with Crippen molar-refractivity contribution in [3.05, 3.63) is 28.2 Å². The molecule has 2 rings (SSSR count). The molecular weight excluding hydrogens is 327 g/mol. The molecule has 0 aromatic heterocycles. The van der Waals surface area contributed by atoms with Crippen molar-refractivity contribution in [3.63, 3.8) is 0 Å². The molecule has 0 spiro atoms. The normalized spacial score (nSPS) is 20.8. The molecule has 1 aromatic rings. The third-order valence-electron chi connectivity index (χ3n) is 2.98. The highest BCUT2D eigenvalue weighted by molar-refractivity contribution is 7.89. The van der Waals surface area contributed by atoms with Crippen molar-refractivity contribution in [2.24, 2.45) is 0 Å². The smallest absolute Gasteiger partial charge is 0.323 e. The number of carbonyl (C=O) groups is 1. The standard InChI is InChI=1S/C11H12Cl2N2O4S/c12-8-2-1-7(5-9(8)13)20(18,19)15-4-3-14-6-10(15)11(16)17/h1-2,5,10,14H,3-4,6H2,(H,16,17). The van der Waals surface area contributed by atoms with Crippen LogP contribution in [-0.2, 0) is 14.8 Å². The Labute approximate surface area is 126 Å². The Balaban J connectivity index is 2.42. The van der Waals surface area contributed by atoms with E-state index in [1.165, 1.54) is 18.2 Å². The van der Waals surface area contributed by atoms with Gasteiger partial charge < -0.3 is 10.4 Å². The molecule has 1 heterocycles. The molecule has 1 atom stereocenters. The van der Waals surface area contributed by atoms with Gasteiger partial charge >= 0.3 is 5.97 Å². The van der Waals surface area contributed by atoms with Crippen LogP contribution in [0, 0.1) is 0 Å². The van der Waals surface area contributed by atoms with Crippen LogP contribution in [0.15, 0.2) is 23.1 Å². The fourth-order valence-corrected chi connectivity index (χ4v) is 3.93. The minimum atomic E-state index is -3.93. The Morgan fingerprint density at radius 1 is 1.35 bits per heavy atom. The number of nitrogens with zero attached hydrogens (tertiary/aromatic N) is 1. The second-order valence-corrected chi connectivity index (χ2v) is 6.95. The maximum absolute atomic E-state index is 12.5. The highest BCUT2D eigenvalue weighted by Gasteiger charge is 2.37. The molecule has 6 nitrogen and oxygen atoms in total. The zero-order valence-electron chi connectivity index (χ0n) is 10.2. The van der Waals surface area contributed by atoms with Crippen LogP contribution in [0.3, 0.4) is 0 Å². The first-order chi connectivity index (χ1) is 9.34. The van der Waals surface area contributed by atoms with Crippen LogP contribution in [0.1, 0.15) is 0 Å². The van der Waals surface area contributed by atoms with E-state index in [1.807, 2.05) is 0 Å². The lowest BCUT2D eigenvalue weighted by Gasteiger charge is -2.32. The predicted octanol–water partition coefficient (Wildman–Crippen LogP) is 1.04. The highest BCUT2D eigenvalue weighted by atomic mass is 35.5. The van der Waals surface area contributed by atoms with Gasteiger partial charge in [0.15, 0.2) is 0 Å². The van der Waals surface area contributed by atoms with E-state index in [9.17, 15) is 13.2 Å². The Morgan fingerprint density at radius 2 is 2.05 bits per heavy atom. The van der Waals surface area contributed by atoms with E-state index in [0.717, 1.165) is 4.31 Å². The van der Waals surface area contributed by atoms with Gasteiger partial charge in [-0.05, 0) is 18.2 Å². The van der Waals surface area contributed by atoms with Crippen LogP contribution < -0.4 is 5.32 Å². The number of carboxylic acids is 1. The van der Waals surface area contributed by atoms with Crippen molar-refractivity contribution in [3.8, 4) is 0 Å². The summed E-state index contributed by atoms with van der Waals surface area (Å²) < 4.78 is 26.0. The van der Waals surface area contributed by atoms with Gasteiger partial charge in [-0.3, -0.25) is 4.79 Å².